The van der Waals surface area contributed by atoms with Crippen molar-refractivity contribution in [3.63, 3.8) is 0 Å². The summed E-state index contributed by atoms with van der Waals surface area (Å²) in [5.41, 5.74) is 0.203. The molecule has 0 aliphatic carbocycles. The van der Waals surface area contributed by atoms with E-state index in [4.69, 9.17) is 5.11 Å². The van der Waals surface area contributed by atoms with Crippen LogP contribution in [0, 0.1) is 0 Å². The standard InChI is InChI=1S/C11H17NO3/c1-11(2,7-13)12-6-8-4-3-5-9(14)10(8)15/h3-5,12-15H,6-7H2,1-2H3. The largest absolute Gasteiger partial charge is 0.504 e. The van der Waals surface area contributed by atoms with E-state index in [9.17, 15) is 10.2 Å². The molecule has 0 spiro atoms. The van der Waals surface area contributed by atoms with Crippen molar-refractivity contribution in [2.24, 2.45) is 0 Å². The zero-order chi connectivity index (χ0) is 11.5. The van der Waals surface area contributed by atoms with Crippen LogP contribution in [0.25, 0.3) is 0 Å². The number of hydrogen-bond donors (Lipinski definition) is 4. The number of hydrogen-bond acceptors (Lipinski definition) is 4. The smallest absolute Gasteiger partial charge is 0.161 e. The Hall–Kier alpha value is -1.26. The highest BCUT2D eigenvalue weighted by molar-refractivity contribution is 5.44. The fraction of sp³-hybridized carbons (Fsp3) is 0.455. The maximum atomic E-state index is 9.51. The minimum absolute atomic E-state index is 0.00653. The van der Waals surface area contributed by atoms with Crippen molar-refractivity contribution in [2.45, 2.75) is 25.9 Å². The molecule has 0 unspecified atom stereocenters. The van der Waals surface area contributed by atoms with Crippen LogP contribution in [0.4, 0.5) is 0 Å². The van der Waals surface area contributed by atoms with Crippen LogP contribution in [0.15, 0.2) is 18.2 Å². The lowest BCUT2D eigenvalue weighted by Crippen LogP contribution is -2.42. The average Bonchev–Trinajstić information content (AvgIpc) is 2.20. The summed E-state index contributed by atoms with van der Waals surface area (Å²) in [5.74, 6) is -0.241. The Morgan fingerprint density at radius 1 is 1.27 bits per heavy atom. The topological polar surface area (TPSA) is 72.7 Å². The number of aromatic hydroxyl groups is 2. The second-order valence-electron chi connectivity index (χ2n) is 4.18. The predicted molar refractivity (Wildman–Crippen MR) is 57.8 cm³/mol. The molecule has 0 aliphatic heterocycles. The van der Waals surface area contributed by atoms with E-state index >= 15 is 0 Å². The van der Waals surface area contributed by atoms with E-state index in [0.29, 0.717) is 12.1 Å². The Labute approximate surface area is 89.2 Å². The van der Waals surface area contributed by atoms with E-state index in [1.165, 1.54) is 6.07 Å². The third-order valence-corrected chi connectivity index (χ3v) is 2.25. The fourth-order valence-electron chi connectivity index (χ4n) is 1.11. The Morgan fingerprint density at radius 3 is 2.53 bits per heavy atom. The van der Waals surface area contributed by atoms with Gasteiger partial charge in [0.1, 0.15) is 0 Å². The molecular formula is C11H17NO3. The number of rotatable bonds is 4. The van der Waals surface area contributed by atoms with Crippen LogP contribution >= 0.6 is 0 Å². The van der Waals surface area contributed by atoms with Gasteiger partial charge in [-0.2, -0.15) is 0 Å². The molecule has 4 nitrogen and oxygen atoms in total. The molecule has 15 heavy (non-hydrogen) atoms. The summed E-state index contributed by atoms with van der Waals surface area (Å²) in [7, 11) is 0. The van der Waals surface area contributed by atoms with Crippen LogP contribution in [0.5, 0.6) is 11.5 Å². The molecule has 0 atom stereocenters. The molecule has 4 N–H and O–H groups in total. The minimum atomic E-state index is -0.405. The first kappa shape index (κ1) is 11.8. The Morgan fingerprint density at radius 2 is 1.93 bits per heavy atom. The van der Waals surface area contributed by atoms with Crippen molar-refractivity contribution >= 4 is 0 Å². The van der Waals surface area contributed by atoms with Gasteiger partial charge in [0.2, 0.25) is 0 Å². The average molecular weight is 211 g/mol. The molecule has 0 bridgehead atoms. The van der Waals surface area contributed by atoms with Crippen LogP contribution in [0.2, 0.25) is 0 Å². The summed E-state index contributed by atoms with van der Waals surface area (Å²) in [6.07, 6.45) is 0. The lowest BCUT2D eigenvalue weighted by atomic mass is 10.1. The predicted octanol–water partition coefficient (Wildman–Crippen LogP) is 0.958. The van der Waals surface area contributed by atoms with E-state index in [2.05, 4.69) is 5.32 Å². The third kappa shape index (κ3) is 3.11. The summed E-state index contributed by atoms with van der Waals surface area (Å²) in [6, 6.07) is 4.81. The molecular weight excluding hydrogens is 194 g/mol. The molecule has 0 heterocycles. The summed E-state index contributed by atoms with van der Waals surface area (Å²) in [5, 5.41) is 30.9. The third-order valence-electron chi connectivity index (χ3n) is 2.25. The zero-order valence-corrected chi connectivity index (χ0v) is 8.99. The van der Waals surface area contributed by atoms with Crippen LogP contribution in [-0.4, -0.2) is 27.5 Å². The molecule has 1 rings (SSSR count). The Balaban J connectivity index is 2.70. The summed E-state index contributed by atoms with van der Waals surface area (Å²) in [6.45, 7) is 4.11. The number of aliphatic hydroxyl groups is 1. The van der Waals surface area contributed by atoms with Crippen LogP contribution in [0.1, 0.15) is 19.4 Å². The van der Waals surface area contributed by atoms with Gasteiger partial charge in [0.15, 0.2) is 11.5 Å². The van der Waals surface area contributed by atoms with Gasteiger partial charge in [0.25, 0.3) is 0 Å². The first-order valence-corrected chi connectivity index (χ1v) is 4.82. The molecule has 0 amide bonds. The lowest BCUT2D eigenvalue weighted by molar-refractivity contribution is 0.187. The molecule has 0 saturated carbocycles. The molecule has 84 valence electrons. The second-order valence-corrected chi connectivity index (χ2v) is 4.18. The normalized spacial score (nSPS) is 11.7. The molecule has 0 saturated heterocycles. The highest BCUT2D eigenvalue weighted by Gasteiger charge is 2.16. The molecule has 0 aromatic heterocycles. The van der Waals surface area contributed by atoms with Gasteiger partial charge in [0, 0.05) is 17.6 Å². The number of para-hydroxylation sites is 1. The molecule has 1 aromatic carbocycles. The monoisotopic (exact) mass is 211 g/mol. The van der Waals surface area contributed by atoms with Gasteiger partial charge in [0.05, 0.1) is 6.61 Å². The fourth-order valence-corrected chi connectivity index (χ4v) is 1.11. The Bertz CT molecular complexity index is 337. The van der Waals surface area contributed by atoms with Crippen LogP contribution in [-0.2, 0) is 6.54 Å². The van der Waals surface area contributed by atoms with E-state index in [0.717, 1.165) is 0 Å². The summed E-state index contributed by atoms with van der Waals surface area (Å²) >= 11 is 0. The van der Waals surface area contributed by atoms with Crippen LogP contribution in [0.3, 0.4) is 0 Å². The molecule has 1 aromatic rings. The van der Waals surface area contributed by atoms with E-state index < -0.39 is 5.54 Å². The van der Waals surface area contributed by atoms with E-state index in [-0.39, 0.29) is 18.1 Å². The molecule has 0 fully saturated rings. The van der Waals surface area contributed by atoms with Gasteiger partial charge in [-0.3, -0.25) is 0 Å². The van der Waals surface area contributed by atoms with Crippen molar-refractivity contribution in [2.75, 3.05) is 6.61 Å². The van der Waals surface area contributed by atoms with Crippen molar-refractivity contribution in [1.82, 2.24) is 5.32 Å². The van der Waals surface area contributed by atoms with Gasteiger partial charge in [-0.1, -0.05) is 12.1 Å². The Kier molecular flexibility index (Phi) is 3.55. The maximum Gasteiger partial charge on any atom is 0.161 e. The quantitative estimate of drug-likeness (QED) is 0.560. The number of phenols is 2. The highest BCUT2D eigenvalue weighted by atomic mass is 16.3. The van der Waals surface area contributed by atoms with Crippen molar-refractivity contribution in [1.29, 1.82) is 0 Å². The van der Waals surface area contributed by atoms with E-state index in [1.54, 1.807) is 12.1 Å². The van der Waals surface area contributed by atoms with Gasteiger partial charge in [-0.15, -0.1) is 0 Å². The van der Waals surface area contributed by atoms with E-state index in [1.807, 2.05) is 13.8 Å². The number of aliphatic hydroxyl groups excluding tert-OH is 1. The van der Waals surface area contributed by atoms with Crippen molar-refractivity contribution < 1.29 is 15.3 Å². The molecule has 4 heteroatoms. The van der Waals surface area contributed by atoms with Crippen molar-refractivity contribution in [3.8, 4) is 11.5 Å². The zero-order valence-electron chi connectivity index (χ0n) is 8.99. The summed E-state index contributed by atoms with van der Waals surface area (Å²) < 4.78 is 0. The van der Waals surface area contributed by atoms with Gasteiger partial charge >= 0.3 is 0 Å². The van der Waals surface area contributed by atoms with Gasteiger partial charge < -0.3 is 20.6 Å². The molecule has 0 radical (unpaired) electrons. The first-order chi connectivity index (χ1) is 6.96. The summed E-state index contributed by atoms with van der Waals surface area (Å²) in [4.78, 5) is 0. The number of phenolic OH excluding ortho intramolecular Hbond substituents is 2. The second kappa shape index (κ2) is 4.51. The first-order valence-electron chi connectivity index (χ1n) is 4.82. The van der Waals surface area contributed by atoms with Crippen molar-refractivity contribution in [3.05, 3.63) is 23.8 Å². The number of benzene rings is 1. The highest BCUT2D eigenvalue weighted by Crippen LogP contribution is 2.28. The SMILES string of the molecule is CC(C)(CO)NCc1cccc(O)c1O. The number of nitrogens with one attached hydrogen (secondary N) is 1. The van der Waals surface area contributed by atoms with Gasteiger partial charge in [-0.05, 0) is 19.9 Å². The minimum Gasteiger partial charge on any atom is -0.504 e. The molecule has 0 aliphatic rings. The van der Waals surface area contributed by atoms with Gasteiger partial charge in [-0.25, -0.2) is 0 Å². The van der Waals surface area contributed by atoms with Crippen LogP contribution < -0.4 is 5.32 Å². The maximum absolute atomic E-state index is 9.51. The lowest BCUT2D eigenvalue weighted by Gasteiger charge is -2.23.